The minimum absolute atomic E-state index is 0.339. The molecule has 20 heavy (non-hydrogen) atoms. The van der Waals surface area contributed by atoms with Crippen LogP contribution < -0.4 is 10.0 Å². The van der Waals surface area contributed by atoms with E-state index in [9.17, 15) is 9.90 Å². The maximum Gasteiger partial charge on any atom is 0.0718 e. The molecule has 0 amide bonds. The molecule has 0 saturated heterocycles. The second kappa shape index (κ2) is 7.93. The molecule has 1 atom stereocenters. The average molecular weight is 276 g/mol. The molecular formula is C17H26NO2-. The Labute approximate surface area is 122 Å². The van der Waals surface area contributed by atoms with Crippen molar-refractivity contribution < 1.29 is 9.90 Å². The van der Waals surface area contributed by atoms with Crippen LogP contribution in [0.2, 0.25) is 0 Å². The van der Waals surface area contributed by atoms with E-state index in [0.29, 0.717) is 11.5 Å². The van der Waals surface area contributed by atoms with Gasteiger partial charge in [0.2, 0.25) is 0 Å². The van der Waals surface area contributed by atoms with Crippen LogP contribution in [0, 0.1) is 5.92 Å². The summed E-state index contributed by atoms with van der Waals surface area (Å²) in [5.74, 6) is -0.539. The lowest BCUT2D eigenvalue weighted by molar-refractivity contribution is -0.255. The van der Waals surface area contributed by atoms with E-state index in [2.05, 4.69) is 13.8 Å². The Kier molecular flexibility index (Phi) is 6.56. The summed E-state index contributed by atoms with van der Waals surface area (Å²) in [7, 11) is 3.90. The second-order valence-corrected chi connectivity index (χ2v) is 5.61. The summed E-state index contributed by atoms with van der Waals surface area (Å²) in [6, 6.07) is 5.43. The smallest absolute Gasteiger partial charge is 0.0718 e. The zero-order valence-corrected chi connectivity index (χ0v) is 13.1. The largest absolute Gasteiger partial charge is 0.545 e. The average Bonchev–Trinajstić information content (AvgIpc) is 2.42. The molecule has 0 radical (unpaired) electrons. The summed E-state index contributed by atoms with van der Waals surface area (Å²) in [4.78, 5) is 13.3. The number of aromatic carboxylic acids is 1. The van der Waals surface area contributed by atoms with Gasteiger partial charge in [-0.1, -0.05) is 51.7 Å². The van der Waals surface area contributed by atoms with Gasteiger partial charge in [-0.25, -0.2) is 0 Å². The lowest BCUT2D eigenvalue weighted by Gasteiger charge is -2.24. The van der Waals surface area contributed by atoms with E-state index in [0.717, 1.165) is 30.5 Å². The lowest BCUT2D eigenvalue weighted by atomic mass is 9.89. The molecule has 1 aromatic carbocycles. The zero-order valence-electron chi connectivity index (χ0n) is 13.1. The highest BCUT2D eigenvalue weighted by atomic mass is 16.4. The molecular weight excluding hydrogens is 250 g/mol. The first-order chi connectivity index (χ1) is 9.51. The molecule has 3 heteroatoms. The van der Waals surface area contributed by atoms with Gasteiger partial charge < -0.3 is 14.8 Å². The van der Waals surface area contributed by atoms with Crippen LogP contribution in [0.4, 0.5) is 5.69 Å². The molecule has 0 heterocycles. The maximum atomic E-state index is 11.4. The zero-order chi connectivity index (χ0) is 15.1. The van der Waals surface area contributed by atoms with E-state index >= 15 is 0 Å². The van der Waals surface area contributed by atoms with Crippen LogP contribution in [0.1, 0.15) is 55.5 Å². The molecule has 1 unspecified atom stereocenters. The van der Waals surface area contributed by atoms with Crippen LogP contribution in [0.3, 0.4) is 0 Å². The molecule has 0 aliphatic heterocycles. The van der Waals surface area contributed by atoms with Gasteiger partial charge in [0.15, 0.2) is 0 Å². The quantitative estimate of drug-likeness (QED) is 0.733. The number of carboxylic acid groups (broad SMARTS) is 1. The van der Waals surface area contributed by atoms with Gasteiger partial charge in [0.05, 0.1) is 5.97 Å². The standard InChI is InChI=1S/C17H27NO2/c1-5-7-9-13(6-2)12-15-14(17(19)20)10-8-11-16(15)18(3)4/h8,10-11,13H,5-7,9,12H2,1-4H3,(H,19,20)/p-1. The van der Waals surface area contributed by atoms with Gasteiger partial charge >= 0.3 is 0 Å². The first-order valence-electron chi connectivity index (χ1n) is 7.51. The van der Waals surface area contributed by atoms with Gasteiger partial charge in [-0.3, -0.25) is 0 Å². The highest BCUT2D eigenvalue weighted by Gasteiger charge is 2.15. The summed E-state index contributed by atoms with van der Waals surface area (Å²) >= 11 is 0. The summed E-state index contributed by atoms with van der Waals surface area (Å²) in [5, 5.41) is 11.4. The van der Waals surface area contributed by atoms with E-state index < -0.39 is 5.97 Å². The van der Waals surface area contributed by atoms with E-state index in [4.69, 9.17) is 0 Å². The van der Waals surface area contributed by atoms with Crippen LogP contribution in [0.25, 0.3) is 0 Å². The first-order valence-corrected chi connectivity index (χ1v) is 7.51. The number of unbranched alkanes of at least 4 members (excludes halogenated alkanes) is 1. The van der Waals surface area contributed by atoms with Crippen LogP contribution in [0.15, 0.2) is 18.2 Å². The molecule has 0 aliphatic rings. The second-order valence-electron chi connectivity index (χ2n) is 5.61. The van der Waals surface area contributed by atoms with Crippen LogP contribution >= 0.6 is 0 Å². The minimum Gasteiger partial charge on any atom is -0.545 e. The fourth-order valence-corrected chi connectivity index (χ4v) is 2.63. The number of nitrogens with zero attached hydrogens (tertiary/aromatic N) is 1. The Morgan fingerprint density at radius 2 is 2.00 bits per heavy atom. The predicted octanol–water partition coefficient (Wildman–Crippen LogP) is 2.88. The lowest BCUT2D eigenvalue weighted by Crippen LogP contribution is -2.26. The number of rotatable bonds is 8. The Bertz CT molecular complexity index is 441. The van der Waals surface area contributed by atoms with Crippen molar-refractivity contribution in [1.82, 2.24) is 0 Å². The molecule has 1 aromatic rings. The van der Waals surface area contributed by atoms with E-state index in [-0.39, 0.29) is 0 Å². The van der Waals surface area contributed by atoms with Crippen molar-refractivity contribution in [2.24, 2.45) is 5.92 Å². The minimum atomic E-state index is -1.07. The third kappa shape index (κ3) is 4.26. The highest BCUT2D eigenvalue weighted by Crippen LogP contribution is 2.28. The van der Waals surface area contributed by atoms with Gasteiger partial charge in [-0.15, -0.1) is 0 Å². The Morgan fingerprint density at radius 1 is 1.30 bits per heavy atom. The van der Waals surface area contributed by atoms with Crippen LogP contribution in [-0.4, -0.2) is 20.1 Å². The third-order valence-corrected chi connectivity index (χ3v) is 3.89. The molecule has 0 aromatic heterocycles. The number of carbonyl (C=O) groups excluding carboxylic acids is 1. The van der Waals surface area contributed by atoms with Gasteiger partial charge in [-0.2, -0.15) is 0 Å². The molecule has 112 valence electrons. The van der Waals surface area contributed by atoms with Gasteiger partial charge in [-0.05, 0) is 24.0 Å². The highest BCUT2D eigenvalue weighted by molar-refractivity contribution is 5.89. The fraction of sp³-hybridized carbons (Fsp3) is 0.588. The number of hydrogen-bond donors (Lipinski definition) is 0. The molecule has 1 rings (SSSR count). The molecule has 0 N–H and O–H groups in total. The Balaban J connectivity index is 3.09. The predicted molar refractivity (Wildman–Crippen MR) is 82.1 cm³/mol. The van der Waals surface area contributed by atoms with Crippen molar-refractivity contribution >= 4 is 11.7 Å². The van der Waals surface area contributed by atoms with Gasteiger partial charge in [0.1, 0.15) is 0 Å². The van der Waals surface area contributed by atoms with E-state index in [1.165, 1.54) is 12.8 Å². The summed E-state index contributed by atoms with van der Waals surface area (Å²) < 4.78 is 0. The number of hydrogen-bond acceptors (Lipinski definition) is 3. The van der Waals surface area contributed by atoms with Crippen molar-refractivity contribution in [2.45, 2.75) is 46.0 Å². The topological polar surface area (TPSA) is 43.4 Å². The van der Waals surface area contributed by atoms with Crippen molar-refractivity contribution in [3.63, 3.8) is 0 Å². The normalized spacial score (nSPS) is 12.2. The summed E-state index contributed by atoms with van der Waals surface area (Å²) in [6.07, 6.45) is 5.42. The number of carbonyl (C=O) groups is 1. The van der Waals surface area contributed by atoms with E-state index in [1.807, 2.05) is 25.1 Å². The van der Waals surface area contributed by atoms with Crippen molar-refractivity contribution in [3.8, 4) is 0 Å². The molecule has 3 nitrogen and oxygen atoms in total. The SMILES string of the molecule is CCCCC(CC)Cc1c(C(=O)[O-])cccc1N(C)C. The molecule has 0 bridgehead atoms. The number of carboxylic acids is 1. The monoisotopic (exact) mass is 276 g/mol. The van der Waals surface area contributed by atoms with Crippen molar-refractivity contribution in [3.05, 3.63) is 29.3 Å². The van der Waals surface area contributed by atoms with E-state index in [1.54, 1.807) is 12.1 Å². The Morgan fingerprint density at radius 3 is 2.50 bits per heavy atom. The van der Waals surface area contributed by atoms with Crippen molar-refractivity contribution in [1.29, 1.82) is 0 Å². The summed E-state index contributed by atoms with van der Waals surface area (Å²) in [5.41, 5.74) is 2.24. The molecule has 0 spiro atoms. The van der Waals surface area contributed by atoms with Gasteiger partial charge in [0, 0.05) is 25.3 Å². The molecule has 0 fully saturated rings. The van der Waals surface area contributed by atoms with Gasteiger partial charge in [0.25, 0.3) is 0 Å². The maximum absolute atomic E-state index is 11.4. The molecule has 0 saturated carbocycles. The number of anilines is 1. The molecule has 0 aliphatic carbocycles. The summed E-state index contributed by atoms with van der Waals surface area (Å²) in [6.45, 7) is 4.37. The van der Waals surface area contributed by atoms with Crippen LogP contribution in [-0.2, 0) is 6.42 Å². The van der Waals surface area contributed by atoms with Crippen LogP contribution in [0.5, 0.6) is 0 Å². The Hall–Kier alpha value is -1.51. The first kappa shape index (κ1) is 16.5. The van der Waals surface area contributed by atoms with Crippen molar-refractivity contribution in [2.75, 3.05) is 19.0 Å². The fourth-order valence-electron chi connectivity index (χ4n) is 2.63. The number of benzene rings is 1. The third-order valence-electron chi connectivity index (χ3n) is 3.89.